The average molecular weight is 202 g/mol. The number of ketones is 1. The SMILES string of the molecule is O=C(c1ccc2ncoc2c1)C1CNC1. The predicted octanol–water partition coefficient (Wildman–Crippen LogP) is 1.23. The summed E-state index contributed by atoms with van der Waals surface area (Å²) in [5, 5.41) is 3.09. The molecule has 0 saturated carbocycles. The van der Waals surface area contributed by atoms with Crippen molar-refractivity contribution in [2.75, 3.05) is 13.1 Å². The van der Waals surface area contributed by atoms with Crippen molar-refractivity contribution in [1.82, 2.24) is 10.3 Å². The number of Topliss-reactive ketones (excluding diaryl/α,β-unsaturated/α-hetero) is 1. The van der Waals surface area contributed by atoms with Crippen LogP contribution in [0.2, 0.25) is 0 Å². The van der Waals surface area contributed by atoms with Gasteiger partial charge in [-0.15, -0.1) is 0 Å². The molecule has 0 radical (unpaired) electrons. The van der Waals surface area contributed by atoms with Gasteiger partial charge in [-0.05, 0) is 18.2 Å². The lowest BCUT2D eigenvalue weighted by Crippen LogP contribution is -2.46. The Labute approximate surface area is 86.3 Å². The first-order chi connectivity index (χ1) is 7.34. The van der Waals surface area contributed by atoms with Crippen LogP contribution in [0, 0.1) is 5.92 Å². The number of hydrogen-bond acceptors (Lipinski definition) is 4. The second kappa shape index (κ2) is 3.17. The van der Waals surface area contributed by atoms with E-state index in [9.17, 15) is 4.79 Å². The Balaban J connectivity index is 1.99. The molecule has 0 spiro atoms. The number of rotatable bonds is 2. The van der Waals surface area contributed by atoms with Gasteiger partial charge in [0.25, 0.3) is 0 Å². The number of benzene rings is 1. The van der Waals surface area contributed by atoms with Gasteiger partial charge in [0, 0.05) is 24.6 Å². The molecular formula is C11H10N2O2. The molecule has 0 amide bonds. The number of nitrogens with zero attached hydrogens (tertiary/aromatic N) is 1. The first kappa shape index (κ1) is 8.61. The molecule has 15 heavy (non-hydrogen) atoms. The molecule has 1 aromatic heterocycles. The molecule has 3 rings (SSSR count). The highest BCUT2D eigenvalue weighted by Gasteiger charge is 2.26. The molecule has 1 aromatic carbocycles. The summed E-state index contributed by atoms with van der Waals surface area (Å²) in [5.74, 6) is 0.317. The van der Waals surface area contributed by atoms with E-state index in [2.05, 4.69) is 10.3 Å². The van der Waals surface area contributed by atoms with E-state index in [0.29, 0.717) is 11.1 Å². The van der Waals surface area contributed by atoms with E-state index in [1.165, 1.54) is 6.39 Å². The van der Waals surface area contributed by atoms with Gasteiger partial charge in [0.1, 0.15) is 5.52 Å². The maximum atomic E-state index is 11.9. The van der Waals surface area contributed by atoms with E-state index in [1.807, 2.05) is 12.1 Å². The van der Waals surface area contributed by atoms with Gasteiger partial charge < -0.3 is 9.73 Å². The molecule has 1 N–H and O–H groups in total. The molecule has 2 aromatic rings. The van der Waals surface area contributed by atoms with Crippen molar-refractivity contribution in [2.45, 2.75) is 0 Å². The van der Waals surface area contributed by atoms with Crippen molar-refractivity contribution in [3.63, 3.8) is 0 Å². The zero-order chi connectivity index (χ0) is 10.3. The van der Waals surface area contributed by atoms with E-state index >= 15 is 0 Å². The summed E-state index contributed by atoms with van der Waals surface area (Å²) in [6, 6.07) is 5.40. The zero-order valence-corrected chi connectivity index (χ0v) is 8.06. The van der Waals surface area contributed by atoms with Crippen LogP contribution in [0.3, 0.4) is 0 Å². The summed E-state index contributed by atoms with van der Waals surface area (Å²) >= 11 is 0. The first-order valence-corrected chi connectivity index (χ1v) is 4.93. The van der Waals surface area contributed by atoms with Gasteiger partial charge in [0.15, 0.2) is 17.8 Å². The van der Waals surface area contributed by atoms with Gasteiger partial charge in [-0.1, -0.05) is 0 Å². The standard InChI is InChI=1S/C11H10N2O2/c14-11(8-4-12-5-8)7-1-2-9-10(3-7)15-6-13-9/h1-3,6,8,12H,4-5H2. The lowest BCUT2D eigenvalue weighted by atomic mass is 9.93. The van der Waals surface area contributed by atoms with Crippen LogP contribution in [0.15, 0.2) is 29.0 Å². The fourth-order valence-corrected chi connectivity index (χ4v) is 1.72. The summed E-state index contributed by atoms with van der Waals surface area (Å²) in [6.07, 6.45) is 1.39. The third kappa shape index (κ3) is 1.34. The van der Waals surface area contributed by atoms with Crippen molar-refractivity contribution in [1.29, 1.82) is 0 Å². The monoisotopic (exact) mass is 202 g/mol. The molecule has 4 heteroatoms. The molecule has 4 nitrogen and oxygen atoms in total. The molecule has 0 atom stereocenters. The van der Waals surface area contributed by atoms with Crippen molar-refractivity contribution >= 4 is 16.9 Å². The maximum absolute atomic E-state index is 11.9. The summed E-state index contributed by atoms with van der Waals surface area (Å²) < 4.78 is 5.16. The number of aromatic nitrogens is 1. The first-order valence-electron chi connectivity index (χ1n) is 4.93. The second-order valence-electron chi connectivity index (χ2n) is 3.75. The van der Waals surface area contributed by atoms with Crippen LogP contribution in [-0.4, -0.2) is 23.9 Å². The normalized spacial score (nSPS) is 16.5. The Morgan fingerprint density at radius 2 is 2.33 bits per heavy atom. The summed E-state index contributed by atoms with van der Waals surface area (Å²) in [5.41, 5.74) is 2.18. The molecule has 1 aliphatic heterocycles. The van der Waals surface area contributed by atoms with E-state index in [4.69, 9.17) is 4.42 Å². The third-order valence-electron chi connectivity index (χ3n) is 2.77. The number of carbonyl (C=O) groups excluding carboxylic acids is 1. The summed E-state index contributed by atoms with van der Waals surface area (Å²) in [4.78, 5) is 15.9. The van der Waals surface area contributed by atoms with Crippen LogP contribution in [0.4, 0.5) is 0 Å². The van der Waals surface area contributed by atoms with E-state index in [-0.39, 0.29) is 11.7 Å². The van der Waals surface area contributed by atoms with E-state index in [0.717, 1.165) is 18.6 Å². The van der Waals surface area contributed by atoms with E-state index < -0.39 is 0 Å². The minimum absolute atomic E-state index is 0.130. The van der Waals surface area contributed by atoms with Gasteiger partial charge >= 0.3 is 0 Å². The van der Waals surface area contributed by atoms with Crippen molar-refractivity contribution in [2.24, 2.45) is 5.92 Å². The van der Waals surface area contributed by atoms with Gasteiger partial charge in [0.2, 0.25) is 0 Å². The number of nitrogens with one attached hydrogen (secondary N) is 1. The highest BCUT2D eigenvalue weighted by atomic mass is 16.3. The van der Waals surface area contributed by atoms with Gasteiger partial charge in [0.05, 0.1) is 0 Å². The lowest BCUT2D eigenvalue weighted by Gasteiger charge is -2.25. The lowest BCUT2D eigenvalue weighted by molar-refractivity contribution is 0.0878. The average Bonchev–Trinajstić information content (AvgIpc) is 2.61. The molecule has 2 heterocycles. The van der Waals surface area contributed by atoms with E-state index in [1.54, 1.807) is 6.07 Å². The highest BCUT2D eigenvalue weighted by molar-refractivity contribution is 6.00. The van der Waals surface area contributed by atoms with Crippen LogP contribution in [0.5, 0.6) is 0 Å². The third-order valence-corrected chi connectivity index (χ3v) is 2.77. The number of carbonyl (C=O) groups is 1. The topological polar surface area (TPSA) is 55.1 Å². The molecule has 0 unspecified atom stereocenters. The van der Waals surface area contributed by atoms with Gasteiger partial charge in [-0.25, -0.2) is 4.98 Å². The van der Waals surface area contributed by atoms with Crippen LogP contribution < -0.4 is 5.32 Å². The molecule has 76 valence electrons. The van der Waals surface area contributed by atoms with Crippen LogP contribution >= 0.6 is 0 Å². The summed E-state index contributed by atoms with van der Waals surface area (Å²) in [6.45, 7) is 1.57. The van der Waals surface area contributed by atoms with Crippen molar-refractivity contribution in [3.05, 3.63) is 30.2 Å². The van der Waals surface area contributed by atoms with Gasteiger partial charge in [-0.3, -0.25) is 4.79 Å². The molecule has 0 bridgehead atoms. The Kier molecular flexibility index (Phi) is 1.82. The number of fused-ring (bicyclic) bond motifs is 1. The largest absolute Gasteiger partial charge is 0.443 e. The number of oxazole rings is 1. The Morgan fingerprint density at radius 1 is 1.47 bits per heavy atom. The zero-order valence-electron chi connectivity index (χ0n) is 8.06. The minimum Gasteiger partial charge on any atom is -0.443 e. The fraction of sp³-hybridized carbons (Fsp3) is 0.273. The van der Waals surface area contributed by atoms with Crippen LogP contribution in [0.25, 0.3) is 11.1 Å². The van der Waals surface area contributed by atoms with Crippen molar-refractivity contribution in [3.8, 4) is 0 Å². The highest BCUT2D eigenvalue weighted by Crippen LogP contribution is 2.18. The summed E-state index contributed by atoms with van der Waals surface area (Å²) in [7, 11) is 0. The Morgan fingerprint density at radius 3 is 3.07 bits per heavy atom. The van der Waals surface area contributed by atoms with Gasteiger partial charge in [-0.2, -0.15) is 0 Å². The fourth-order valence-electron chi connectivity index (χ4n) is 1.72. The second-order valence-corrected chi connectivity index (χ2v) is 3.75. The Hall–Kier alpha value is -1.68. The minimum atomic E-state index is 0.130. The quantitative estimate of drug-likeness (QED) is 0.744. The molecule has 1 fully saturated rings. The van der Waals surface area contributed by atoms with Crippen LogP contribution in [-0.2, 0) is 0 Å². The van der Waals surface area contributed by atoms with Crippen LogP contribution in [0.1, 0.15) is 10.4 Å². The predicted molar refractivity (Wildman–Crippen MR) is 54.7 cm³/mol. The van der Waals surface area contributed by atoms with Crippen molar-refractivity contribution < 1.29 is 9.21 Å². The number of hydrogen-bond donors (Lipinski definition) is 1. The Bertz CT molecular complexity index is 514. The molecule has 1 aliphatic rings. The molecular weight excluding hydrogens is 192 g/mol. The molecule has 0 aliphatic carbocycles. The smallest absolute Gasteiger partial charge is 0.181 e. The molecule has 1 saturated heterocycles. The maximum Gasteiger partial charge on any atom is 0.181 e.